The molecule has 0 saturated heterocycles. The summed E-state index contributed by atoms with van der Waals surface area (Å²) in [5.41, 5.74) is 3.13. The van der Waals surface area contributed by atoms with Gasteiger partial charge in [-0.2, -0.15) is 0 Å². The summed E-state index contributed by atoms with van der Waals surface area (Å²) in [5.74, 6) is 1.44. The summed E-state index contributed by atoms with van der Waals surface area (Å²) in [7, 11) is 0. The van der Waals surface area contributed by atoms with Crippen LogP contribution in [0.2, 0.25) is 0 Å². The Bertz CT molecular complexity index is 348. The van der Waals surface area contributed by atoms with E-state index in [2.05, 4.69) is 56.1 Å². The molecule has 3 rings (SSSR count). The largest absolute Gasteiger partial charge is 0.0883 e. The van der Waals surface area contributed by atoms with Crippen LogP contribution >= 0.6 is 31.9 Å². The molecule has 0 N–H and O–H groups in total. The molecule has 1 aromatic rings. The van der Waals surface area contributed by atoms with Crippen molar-refractivity contribution in [2.75, 3.05) is 0 Å². The Labute approximate surface area is 95.0 Å². The second-order valence-corrected chi connectivity index (χ2v) is 6.19. The highest BCUT2D eigenvalue weighted by Gasteiger charge is 2.49. The number of hydrogen-bond donors (Lipinski definition) is 0. The molecule has 2 heteroatoms. The van der Waals surface area contributed by atoms with Gasteiger partial charge in [0.25, 0.3) is 0 Å². The Morgan fingerprint density at radius 3 is 2.54 bits per heavy atom. The molecule has 2 aliphatic carbocycles. The van der Waals surface area contributed by atoms with Crippen LogP contribution in [0.3, 0.4) is 0 Å². The molecule has 0 unspecified atom stereocenters. The molecular formula is C11H10Br2. The van der Waals surface area contributed by atoms with Gasteiger partial charge in [-0.1, -0.05) is 56.1 Å². The fraction of sp³-hybridized carbons (Fsp3) is 0.455. The molecule has 4 atom stereocenters. The third kappa shape index (κ3) is 1.02. The first-order chi connectivity index (χ1) is 6.29. The van der Waals surface area contributed by atoms with Crippen molar-refractivity contribution in [3.63, 3.8) is 0 Å². The van der Waals surface area contributed by atoms with Crippen LogP contribution in [0.25, 0.3) is 0 Å². The summed E-state index contributed by atoms with van der Waals surface area (Å²) in [6.07, 6.45) is 1.29. The van der Waals surface area contributed by atoms with Crippen molar-refractivity contribution < 1.29 is 0 Å². The summed E-state index contributed by atoms with van der Waals surface area (Å²) in [6.45, 7) is 0. The molecule has 0 radical (unpaired) electrons. The van der Waals surface area contributed by atoms with Gasteiger partial charge in [0.05, 0.1) is 0 Å². The van der Waals surface area contributed by atoms with Crippen molar-refractivity contribution in [3.05, 3.63) is 35.4 Å². The number of hydrogen-bond acceptors (Lipinski definition) is 0. The third-order valence-electron chi connectivity index (χ3n) is 3.35. The fourth-order valence-electron chi connectivity index (χ4n) is 2.79. The summed E-state index contributed by atoms with van der Waals surface area (Å²) < 4.78 is 0. The van der Waals surface area contributed by atoms with Gasteiger partial charge in [-0.15, -0.1) is 0 Å². The summed E-state index contributed by atoms with van der Waals surface area (Å²) >= 11 is 7.60. The van der Waals surface area contributed by atoms with Crippen LogP contribution in [0, 0.1) is 0 Å². The van der Waals surface area contributed by atoms with Crippen molar-refractivity contribution in [2.45, 2.75) is 27.9 Å². The van der Waals surface area contributed by atoms with Gasteiger partial charge in [-0.05, 0) is 23.5 Å². The summed E-state index contributed by atoms with van der Waals surface area (Å²) in [5, 5.41) is 0. The molecule has 2 aliphatic rings. The lowest BCUT2D eigenvalue weighted by molar-refractivity contribution is 0.743. The van der Waals surface area contributed by atoms with Crippen LogP contribution in [0.4, 0.5) is 0 Å². The Morgan fingerprint density at radius 1 is 1.08 bits per heavy atom. The van der Waals surface area contributed by atoms with Gasteiger partial charge in [0.2, 0.25) is 0 Å². The van der Waals surface area contributed by atoms with Gasteiger partial charge in [0, 0.05) is 15.6 Å². The zero-order valence-corrected chi connectivity index (χ0v) is 10.3. The number of benzene rings is 1. The van der Waals surface area contributed by atoms with E-state index in [1.165, 1.54) is 6.42 Å². The second-order valence-electron chi connectivity index (χ2n) is 3.96. The van der Waals surface area contributed by atoms with E-state index in [9.17, 15) is 0 Å². The molecule has 0 aromatic heterocycles. The SMILES string of the molecule is Br[C@@H]1[C@@H]2c3ccccc3[C@@H]1C[C@@H]2Br. The lowest BCUT2D eigenvalue weighted by Crippen LogP contribution is -2.10. The fourth-order valence-corrected chi connectivity index (χ4v) is 5.37. The van der Waals surface area contributed by atoms with E-state index in [1.807, 2.05) is 0 Å². The van der Waals surface area contributed by atoms with E-state index in [0.717, 1.165) is 5.92 Å². The molecule has 13 heavy (non-hydrogen) atoms. The molecule has 0 nitrogen and oxygen atoms in total. The molecule has 1 fully saturated rings. The first kappa shape index (κ1) is 8.49. The van der Waals surface area contributed by atoms with Crippen LogP contribution in [-0.2, 0) is 0 Å². The standard InChI is InChI=1S/C11H10Br2/c12-9-5-8-6-3-1-2-4-7(6)10(9)11(8)13/h1-4,8-11H,5H2/t8-,9-,10+,11-/m0/s1. The lowest BCUT2D eigenvalue weighted by atomic mass is 9.92. The molecule has 1 aromatic carbocycles. The zero-order valence-electron chi connectivity index (χ0n) is 7.08. The van der Waals surface area contributed by atoms with Crippen molar-refractivity contribution in [3.8, 4) is 0 Å². The average Bonchev–Trinajstić information content (AvgIpc) is 2.56. The highest BCUT2D eigenvalue weighted by atomic mass is 79.9. The smallest absolute Gasteiger partial charge is 0.0294 e. The highest BCUT2D eigenvalue weighted by molar-refractivity contribution is 9.10. The Kier molecular flexibility index (Phi) is 1.85. The lowest BCUT2D eigenvalue weighted by Gasteiger charge is -2.18. The molecular weight excluding hydrogens is 292 g/mol. The van der Waals surface area contributed by atoms with Gasteiger partial charge >= 0.3 is 0 Å². The van der Waals surface area contributed by atoms with E-state index in [0.29, 0.717) is 15.6 Å². The minimum atomic E-state index is 0.661. The van der Waals surface area contributed by atoms with Crippen LogP contribution in [0.15, 0.2) is 24.3 Å². The van der Waals surface area contributed by atoms with Crippen molar-refractivity contribution >= 4 is 31.9 Å². The molecule has 1 saturated carbocycles. The predicted octanol–water partition coefficient (Wildman–Crippen LogP) is 3.80. The number of rotatable bonds is 0. The zero-order chi connectivity index (χ0) is 9.00. The van der Waals surface area contributed by atoms with Crippen molar-refractivity contribution in [1.29, 1.82) is 0 Å². The monoisotopic (exact) mass is 300 g/mol. The van der Waals surface area contributed by atoms with Gasteiger partial charge in [-0.25, -0.2) is 0 Å². The van der Waals surface area contributed by atoms with E-state index < -0.39 is 0 Å². The maximum absolute atomic E-state index is 3.82. The van der Waals surface area contributed by atoms with Crippen molar-refractivity contribution in [1.82, 2.24) is 0 Å². The molecule has 0 heterocycles. The average molecular weight is 302 g/mol. The number of halogens is 2. The molecule has 0 amide bonds. The van der Waals surface area contributed by atoms with Gasteiger partial charge in [-0.3, -0.25) is 0 Å². The normalized spacial score (nSPS) is 40.8. The summed E-state index contributed by atoms with van der Waals surface area (Å²) in [6, 6.07) is 8.87. The summed E-state index contributed by atoms with van der Waals surface area (Å²) in [4.78, 5) is 1.34. The maximum atomic E-state index is 3.82. The van der Waals surface area contributed by atoms with Gasteiger partial charge < -0.3 is 0 Å². The van der Waals surface area contributed by atoms with Crippen LogP contribution in [-0.4, -0.2) is 9.65 Å². The Hall–Kier alpha value is 0.180. The van der Waals surface area contributed by atoms with Crippen molar-refractivity contribution in [2.24, 2.45) is 0 Å². The minimum absolute atomic E-state index is 0.661. The van der Waals surface area contributed by atoms with E-state index >= 15 is 0 Å². The molecule has 68 valence electrons. The van der Waals surface area contributed by atoms with E-state index in [-0.39, 0.29) is 0 Å². The van der Waals surface area contributed by atoms with Gasteiger partial charge in [0.15, 0.2) is 0 Å². The predicted molar refractivity (Wildman–Crippen MR) is 62.0 cm³/mol. The van der Waals surface area contributed by atoms with Crippen LogP contribution < -0.4 is 0 Å². The first-order valence-electron chi connectivity index (χ1n) is 4.66. The second kappa shape index (κ2) is 2.83. The number of alkyl halides is 2. The van der Waals surface area contributed by atoms with E-state index in [4.69, 9.17) is 0 Å². The Balaban J connectivity index is 2.18. The first-order valence-corrected chi connectivity index (χ1v) is 6.49. The topological polar surface area (TPSA) is 0 Å². The maximum Gasteiger partial charge on any atom is 0.0294 e. The minimum Gasteiger partial charge on any atom is -0.0883 e. The quantitative estimate of drug-likeness (QED) is 0.640. The Morgan fingerprint density at radius 2 is 1.77 bits per heavy atom. The highest BCUT2D eigenvalue weighted by Crippen LogP contribution is 2.58. The third-order valence-corrected chi connectivity index (χ3v) is 5.50. The van der Waals surface area contributed by atoms with E-state index in [1.54, 1.807) is 11.1 Å². The molecule has 0 spiro atoms. The molecule has 2 bridgehead atoms. The molecule has 0 aliphatic heterocycles. The van der Waals surface area contributed by atoms with Gasteiger partial charge in [0.1, 0.15) is 0 Å². The van der Waals surface area contributed by atoms with Crippen LogP contribution in [0.5, 0.6) is 0 Å². The van der Waals surface area contributed by atoms with Crippen LogP contribution in [0.1, 0.15) is 29.4 Å². The number of fused-ring (bicyclic) bond motifs is 5.